The fraction of sp³-hybridized carbons (Fsp3) is 0.190. The van der Waals surface area contributed by atoms with Gasteiger partial charge < -0.3 is 9.47 Å². The van der Waals surface area contributed by atoms with Crippen molar-refractivity contribution in [2.45, 2.75) is 13.8 Å². The molecule has 144 valence electrons. The molecule has 1 fully saturated rings. The monoisotopic (exact) mass is 396 g/mol. The second-order valence-corrected chi connectivity index (χ2v) is 6.65. The number of amides is 2. The van der Waals surface area contributed by atoms with Crippen LogP contribution in [0, 0.1) is 13.8 Å². The average molecular weight is 396 g/mol. The maximum Gasteiger partial charge on any atom is 0.270 e. The van der Waals surface area contributed by atoms with E-state index in [0.717, 1.165) is 11.1 Å². The number of carbonyl (C=O) groups is 2. The first-order valence-corrected chi connectivity index (χ1v) is 8.98. The molecule has 0 saturated carbocycles. The van der Waals surface area contributed by atoms with Crippen LogP contribution >= 0.6 is 12.2 Å². The number of hydrogen-bond acceptors (Lipinski definition) is 5. The van der Waals surface area contributed by atoms with E-state index >= 15 is 0 Å². The van der Waals surface area contributed by atoms with Gasteiger partial charge >= 0.3 is 0 Å². The van der Waals surface area contributed by atoms with E-state index in [1.54, 1.807) is 25.3 Å². The summed E-state index contributed by atoms with van der Waals surface area (Å²) in [5.74, 6) is 0.151. The zero-order chi connectivity index (χ0) is 20.4. The van der Waals surface area contributed by atoms with Gasteiger partial charge in [-0.15, -0.1) is 0 Å². The molecule has 3 rings (SSSR count). The molecule has 7 heteroatoms. The van der Waals surface area contributed by atoms with Crippen molar-refractivity contribution in [2.24, 2.45) is 0 Å². The van der Waals surface area contributed by atoms with Crippen LogP contribution in [0.25, 0.3) is 6.08 Å². The molecular weight excluding hydrogens is 376 g/mol. The summed E-state index contributed by atoms with van der Waals surface area (Å²) >= 11 is 5.25. The average Bonchev–Trinajstić information content (AvgIpc) is 2.66. The van der Waals surface area contributed by atoms with Crippen LogP contribution in [0.1, 0.15) is 16.7 Å². The Labute approximate surface area is 168 Å². The normalized spacial score (nSPS) is 15.6. The molecule has 0 atom stereocenters. The summed E-state index contributed by atoms with van der Waals surface area (Å²) in [6.07, 6.45) is 1.51. The van der Waals surface area contributed by atoms with Gasteiger partial charge in [0.25, 0.3) is 11.8 Å². The van der Waals surface area contributed by atoms with Gasteiger partial charge in [-0.2, -0.15) is 0 Å². The first-order chi connectivity index (χ1) is 13.4. The zero-order valence-electron chi connectivity index (χ0n) is 16.0. The molecule has 1 saturated heterocycles. The first kappa shape index (κ1) is 19.6. The third-order valence-corrected chi connectivity index (χ3v) is 4.85. The van der Waals surface area contributed by atoms with E-state index in [2.05, 4.69) is 5.32 Å². The number of nitrogens with zero attached hydrogens (tertiary/aromatic N) is 1. The number of thiocarbonyl (C=S) groups is 1. The Morgan fingerprint density at radius 2 is 1.75 bits per heavy atom. The Morgan fingerprint density at radius 1 is 1.04 bits per heavy atom. The number of para-hydroxylation sites is 1. The maximum absolute atomic E-state index is 13.2. The van der Waals surface area contributed by atoms with Crippen molar-refractivity contribution >= 4 is 40.9 Å². The van der Waals surface area contributed by atoms with E-state index in [1.807, 2.05) is 32.0 Å². The lowest BCUT2D eigenvalue weighted by Crippen LogP contribution is -2.54. The number of ether oxygens (including phenoxy) is 2. The third kappa shape index (κ3) is 3.36. The predicted octanol–water partition coefficient (Wildman–Crippen LogP) is 3.15. The van der Waals surface area contributed by atoms with E-state index < -0.39 is 11.8 Å². The Morgan fingerprint density at radius 3 is 2.39 bits per heavy atom. The maximum atomic E-state index is 13.2. The summed E-state index contributed by atoms with van der Waals surface area (Å²) in [6, 6.07) is 10.8. The van der Waals surface area contributed by atoms with Crippen LogP contribution in [0.2, 0.25) is 0 Å². The van der Waals surface area contributed by atoms with Gasteiger partial charge in [-0.3, -0.25) is 19.8 Å². The molecule has 0 aliphatic carbocycles. The second-order valence-electron chi connectivity index (χ2n) is 6.26. The highest BCUT2D eigenvalue weighted by atomic mass is 32.1. The van der Waals surface area contributed by atoms with Crippen LogP contribution in [-0.2, 0) is 9.59 Å². The number of benzene rings is 2. The molecule has 0 radical (unpaired) electrons. The van der Waals surface area contributed by atoms with Gasteiger partial charge in [-0.1, -0.05) is 18.2 Å². The van der Waals surface area contributed by atoms with Gasteiger partial charge in [0, 0.05) is 11.1 Å². The lowest BCUT2D eigenvalue weighted by atomic mass is 10.0. The minimum absolute atomic E-state index is 0.0280. The van der Waals surface area contributed by atoms with Crippen LogP contribution < -0.4 is 19.7 Å². The molecule has 2 amide bonds. The molecule has 1 aliphatic rings. The number of carbonyl (C=O) groups excluding carboxylic acids is 2. The molecule has 28 heavy (non-hydrogen) atoms. The van der Waals surface area contributed by atoms with E-state index in [1.165, 1.54) is 18.1 Å². The Bertz CT molecular complexity index is 1010. The van der Waals surface area contributed by atoms with E-state index in [4.69, 9.17) is 21.7 Å². The number of rotatable bonds is 4. The summed E-state index contributed by atoms with van der Waals surface area (Å²) < 4.78 is 10.8. The predicted molar refractivity (Wildman–Crippen MR) is 112 cm³/mol. The number of aryl methyl sites for hydroxylation is 1. The van der Waals surface area contributed by atoms with Crippen molar-refractivity contribution in [1.29, 1.82) is 0 Å². The van der Waals surface area contributed by atoms with Crippen molar-refractivity contribution in [3.63, 3.8) is 0 Å². The minimum Gasteiger partial charge on any atom is -0.496 e. The Balaban J connectivity index is 2.10. The van der Waals surface area contributed by atoms with Crippen molar-refractivity contribution in [3.8, 4) is 11.5 Å². The Hall–Kier alpha value is -3.19. The molecule has 0 bridgehead atoms. The third-order valence-electron chi connectivity index (χ3n) is 4.57. The number of hydrogen-bond donors (Lipinski definition) is 1. The fourth-order valence-electron chi connectivity index (χ4n) is 3.15. The molecule has 0 spiro atoms. The van der Waals surface area contributed by atoms with Gasteiger partial charge in [0.2, 0.25) is 0 Å². The number of methoxy groups -OCH3 is 2. The smallest absolute Gasteiger partial charge is 0.270 e. The fourth-order valence-corrected chi connectivity index (χ4v) is 3.42. The van der Waals surface area contributed by atoms with Crippen LogP contribution in [0.3, 0.4) is 0 Å². The quantitative estimate of drug-likeness (QED) is 0.489. The van der Waals surface area contributed by atoms with Crippen molar-refractivity contribution in [2.75, 3.05) is 19.1 Å². The molecule has 1 N–H and O–H groups in total. The number of anilines is 1. The highest BCUT2D eigenvalue weighted by Gasteiger charge is 2.35. The summed E-state index contributed by atoms with van der Waals surface area (Å²) in [5.41, 5.74) is 2.83. The summed E-state index contributed by atoms with van der Waals surface area (Å²) in [6.45, 7) is 3.72. The first-order valence-electron chi connectivity index (χ1n) is 8.57. The molecule has 2 aromatic rings. The van der Waals surface area contributed by atoms with Gasteiger partial charge in [0.05, 0.1) is 19.9 Å². The molecule has 2 aromatic carbocycles. The van der Waals surface area contributed by atoms with Crippen LogP contribution in [0.15, 0.2) is 42.0 Å². The van der Waals surface area contributed by atoms with E-state index in [9.17, 15) is 9.59 Å². The molecule has 1 aliphatic heterocycles. The zero-order valence-corrected chi connectivity index (χ0v) is 16.8. The largest absolute Gasteiger partial charge is 0.496 e. The van der Waals surface area contributed by atoms with Gasteiger partial charge in [0.15, 0.2) is 5.11 Å². The van der Waals surface area contributed by atoms with Crippen molar-refractivity contribution < 1.29 is 19.1 Å². The highest BCUT2D eigenvalue weighted by Crippen LogP contribution is 2.33. The SMILES string of the molecule is COc1ccc(/C=C2\C(=O)NC(=S)N(c3ccccc3C)C2=O)c(OC)c1C. The van der Waals surface area contributed by atoms with Gasteiger partial charge in [0.1, 0.15) is 17.1 Å². The van der Waals surface area contributed by atoms with E-state index in [-0.39, 0.29) is 10.7 Å². The summed E-state index contributed by atoms with van der Waals surface area (Å²) in [4.78, 5) is 27.0. The molecule has 1 heterocycles. The molecule has 6 nitrogen and oxygen atoms in total. The molecule has 0 unspecified atom stereocenters. The molecule has 0 aromatic heterocycles. The van der Waals surface area contributed by atoms with Crippen molar-refractivity contribution in [3.05, 3.63) is 58.7 Å². The van der Waals surface area contributed by atoms with E-state index in [0.29, 0.717) is 22.7 Å². The highest BCUT2D eigenvalue weighted by molar-refractivity contribution is 7.80. The summed E-state index contributed by atoms with van der Waals surface area (Å²) in [5, 5.41) is 2.65. The lowest BCUT2D eigenvalue weighted by Gasteiger charge is -2.30. The van der Waals surface area contributed by atoms with Crippen molar-refractivity contribution in [1.82, 2.24) is 5.32 Å². The van der Waals surface area contributed by atoms with Crippen LogP contribution in [0.4, 0.5) is 5.69 Å². The standard InChI is InChI=1S/C21H20N2O4S/c1-12-7-5-6-8-16(12)23-20(25)15(19(24)22-21(23)28)11-14-9-10-17(26-3)13(2)18(14)27-4/h5-11H,1-4H3,(H,22,24,28)/b15-11+. The topological polar surface area (TPSA) is 67.9 Å². The molecular formula is C21H20N2O4S. The second kappa shape index (κ2) is 7.82. The lowest BCUT2D eigenvalue weighted by molar-refractivity contribution is -0.122. The minimum atomic E-state index is -0.546. The van der Waals surface area contributed by atoms with Crippen LogP contribution in [0.5, 0.6) is 11.5 Å². The van der Waals surface area contributed by atoms with Crippen LogP contribution in [-0.4, -0.2) is 31.1 Å². The van der Waals surface area contributed by atoms with Gasteiger partial charge in [-0.05, 0) is 55.9 Å². The van der Waals surface area contributed by atoms with Gasteiger partial charge in [-0.25, -0.2) is 0 Å². The number of nitrogens with one attached hydrogen (secondary N) is 1. The Kier molecular flexibility index (Phi) is 5.46. The summed E-state index contributed by atoms with van der Waals surface area (Å²) in [7, 11) is 3.10.